The van der Waals surface area contributed by atoms with Crippen LogP contribution in [-0.2, 0) is 0 Å². The van der Waals surface area contributed by atoms with Gasteiger partial charge in [-0.3, -0.25) is 5.01 Å². The average Bonchev–Trinajstić information content (AvgIpc) is 2.47. The average molecular weight is 248 g/mol. The first-order valence-electron chi connectivity index (χ1n) is 6.35. The Morgan fingerprint density at radius 1 is 0.789 bits per heavy atom. The molecule has 0 bridgehead atoms. The summed E-state index contributed by atoms with van der Waals surface area (Å²) in [6.07, 6.45) is 0. The fourth-order valence-corrected chi connectivity index (χ4v) is 2.26. The molecule has 19 heavy (non-hydrogen) atoms. The monoisotopic (exact) mass is 248 g/mol. The van der Waals surface area contributed by atoms with Crippen LogP contribution in [0.5, 0.6) is 0 Å². The molecule has 0 aliphatic rings. The van der Waals surface area contributed by atoms with E-state index in [1.54, 1.807) is 5.01 Å². The van der Waals surface area contributed by atoms with E-state index in [1.165, 1.54) is 10.9 Å². The molecule has 3 rings (SSSR count). The highest BCUT2D eigenvalue weighted by Gasteiger charge is 2.07. The summed E-state index contributed by atoms with van der Waals surface area (Å²) in [7, 11) is 0. The third kappa shape index (κ3) is 2.18. The molecule has 2 nitrogen and oxygen atoms in total. The highest BCUT2D eigenvalue weighted by atomic mass is 15.4. The third-order valence-electron chi connectivity index (χ3n) is 3.34. The molecule has 0 saturated carbocycles. The molecule has 3 aromatic rings. The first-order chi connectivity index (χ1) is 9.25. The maximum absolute atomic E-state index is 6.27. The summed E-state index contributed by atoms with van der Waals surface area (Å²) < 4.78 is 0. The normalized spacial score (nSPS) is 10.6. The van der Waals surface area contributed by atoms with E-state index in [2.05, 4.69) is 37.3 Å². The van der Waals surface area contributed by atoms with Gasteiger partial charge in [0.15, 0.2) is 0 Å². The number of benzene rings is 3. The lowest BCUT2D eigenvalue weighted by Crippen LogP contribution is -2.25. The van der Waals surface area contributed by atoms with Crippen molar-refractivity contribution >= 4 is 22.1 Å². The van der Waals surface area contributed by atoms with Crippen molar-refractivity contribution in [2.75, 3.05) is 5.01 Å². The maximum Gasteiger partial charge on any atom is 0.0653 e. The highest BCUT2D eigenvalue weighted by molar-refractivity contribution is 5.95. The van der Waals surface area contributed by atoms with E-state index in [9.17, 15) is 0 Å². The standard InChI is InChI=1S/C17H16N2/c1-13-9-11-15(12-10-13)19(18)17-8-4-6-14-5-2-3-7-16(14)17/h2-12H,18H2,1H3. The number of rotatable bonds is 2. The molecule has 0 aliphatic carbocycles. The molecule has 0 aliphatic heterocycles. The van der Waals surface area contributed by atoms with Gasteiger partial charge in [0.05, 0.1) is 11.4 Å². The van der Waals surface area contributed by atoms with Crippen molar-refractivity contribution in [1.29, 1.82) is 0 Å². The van der Waals surface area contributed by atoms with Gasteiger partial charge in [0.2, 0.25) is 0 Å². The summed E-state index contributed by atoms with van der Waals surface area (Å²) in [6, 6.07) is 22.7. The molecule has 0 fully saturated rings. The van der Waals surface area contributed by atoms with Crippen molar-refractivity contribution in [1.82, 2.24) is 0 Å². The molecule has 0 atom stereocenters. The van der Waals surface area contributed by atoms with Crippen molar-refractivity contribution in [3.05, 3.63) is 72.3 Å². The second-order valence-electron chi connectivity index (χ2n) is 4.70. The molecule has 2 N–H and O–H groups in total. The quantitative estimate of drug-likeness (QED) is 0.545. The number of fused-ring (bicyclic) bond motifs is 1. The Labute approximate surface area is 113 Å². The van der Waals surface area contributed by atoms with Gasteiger partial charge in [-0.05, 0) is 30.5 Å². The van der Waals surface area contributed by atoms with Crippen LogP contribution in [0.4, 0.5) is 11.4 Å². The predicted molar refractivity (Wildman–Crippen MR) is 81.5 cm³/mol. The van der Waals surface area contributed by atoms with E-state index in [0.717, 1.165) is 16.8 Å². The van der Waals surface area contributed by atoms with Crippen LogP contribution < -0.4 is 10.9 Å². The molecule has 0 saturated heterocycles. The van der Waals surface area contributed by atoms with Crippen LogP contribution in [0.1, 0.15) is 5.56 Å². The Bertz CT molecular complexity index is 697. The van der Waals surface area contributed by atoms with Gasteiger partial charge in [0.25, 0.3) is 0 Å². The van der Waals surface area contributed by atoms with Crippen molar-refractivity contribution in [2.45, 2.75) is 6.92 Å². The van der Waals surface area contributed by atoms with Crippen LogP contribution in [0.25, 0.3) is 10.8 Å². The fraction of sp³-hybridized carbons (Fsp3) is 0.0588. The molecule has 3 aromatic carbocycles. The zero-order chi connectivity index (χ0) is 13.2. The number of anilines is 2. The molecule has 0 unspecified atom stereocenters. The number of hydrazine groups is 1. The Morgan fingerprint density at radius 2 is 1.47 bits per heavy atom. The summed E-state index contributed by atoms with van der Waals surface area (Å²) in [5.74, 6) is 6.27. The van der Waals surface area contributed by atoms with Crippen molar-refractivity contribution in [2.24, 2.45) is 5.84 Å². The van der Waals surface area contributed by atoms with Crippen LogP contribution in [0.3, 0.4) is 0 Å². The minimum atomic E-state index is 0.988. The first-order valence-corrected chi connectivity index (χ1v) is 6.35. The van der Waals surface area contributed by atoms with Crippen LogP contribution >= 0.6 is 0 Å². The number of nitrogens with zero attached hydrogens (tertiary/aromatic N) is 1. The van der Waals surface area contributed by atoms with Gasteiger partial charge >= 0.3 is 0 Å². The lowest BCUT2D eigenvalue weighted by atomic mass is 10.1. The highest BCUT2D eigenvalue weighted by Crippen LogP contribution is 2.29. The van der Waals surface area contributed by atoms with Crippen LogP contribution in [0.15, 0.2) is 66.7 Å². The molecule has 0 radical (unpaired) electrons. The van der Waals surface area contributed by atoms with E-state index in [-0.39, 0.29) is 0 Å². The maximum atomic E-state index is 6.27. The van der Waals surface area contributed by atoms with Gasteiger partial charge in [-0.15, -0.1) is 0 Å². The predicted octanol–water partition coefficient (Wildman–Crippen LogP) is 4.16. The van der Waals surface area contributed by atoms with Crippen LogP contribution in [0, 0.1) is 6.92 Å². The summed E-state index contributed by atoms with van der Waals surface area (Å²) in [5, 5.41) is 4.09. The summed E-state index contributed by atoms with van der Waals surface area (Å²) in [4.78, 5) is 0. The topological polar surface area (TPSA) is 29.3 Å². The minimum Gasteiger partial charge on any atom is -0.279 e. The number of hydrogen-bond donors (Lipinski definition) is 1. The number of aryl methyl sites for hydroxylation is 1. The van der Waals surface area contributed by atoms with Gasteiger partial charge in [0.1, 0.15) is 0 Å². The molecular weight excluding hydrogens is 232 g/mol. The Morgan fingerprint density at radius 3 is 2.26 bits per heavy atom. The van der Waals surface area contributed by atoms with Crippen LogP contribution in [0.2, 0.25) is 0 Å². The van der Waals surface area contributed by atoms with E-state index < -0.39 is 0 Å². The van der Waals surface area contributed by atoms with Gasteiger partial charge in [0, 0.05) is 5.39 Å². The first kappa shape index (κ1) is 11.8. The fourth-order valence-electron chi connectivity index (χ4n) is 2.26. The van der Waals surface area contributed by atoms with Crippen molar-refractivity contribution in [3.63, 3.8) is 0 Å². The molecule has 0 aromatic heterocycles. The summed E-state index contributed by atoms with van der Waals surface area (Å²) >= 11 is 0. The zero-order valence-electron chi connectivity index (χ0n) is 10.9. The number of hydrogen-bond acceptors (Lipinski definition) is 2. The zero-order valence-corrected chi connectivity index (χ0v) is 10.9. The molecule has 0 spiro atoms. The van der Waals surface area contributed by atoms with E-state index in [4.69, 9.17) is 5.84 Å². The molecule has 0 amide bonds. The van der Waals surface area contributed by atoms with E-state index in [0.29, 0.717) is 0 Å². The van der Waals surface area contributed by atoms with Crippen molar-refractivity contribution in [3.8, 4) is 0 Å². The molecular formula is C17H16N2. The van der Waals surface area contributed by atoms with E-state index >= 15 is 0 Å². The van der Waals surface area contributed by atoms with Gasteiger partial charge < -0.3 is 0 Å². The lowest BCUT2D eigenvalue weighted by molar-refractivity contribution is 1.09. The Balaban J connectivity index is 2.11. The SMILES string of the molecule is Cc1ccc(N(N)c2cccc3ccccc23)cc1. The van der Waals surface area contributed by atoms with Crippen LogP contribution in [-0.4, -0.2) is 0 Å². The van der Waals surface area contributed by atoms with Crippen molar-refractivity contribution < 1.29 is 0 Å². The summed E-state index contributed by atoms with van der Waals surface area (Å²) in [6.45, 7) is 2.07. The van der Waals surface area contributed by atoms with E-state index in [1.807, 2.05) is 36.4 Å². The minimum absolute atomic E-state index is 0.988. The second-order valence-corrected chi connectivity index (χ2v) is 4.70. The van der Waals surface area contributed by atoms with Gasteiger partial charge in [-0.2, -0.15) is 0 Å². The lowest BCUT2D eigenvalue weighted by Gasteiger charge is -2.20. The van der Waals surface area contributed by atoms with Gasteiger partial charge in [-0.1, -0.05) is 54.1 Å². The Kier molecular flexibility index (Phi) is 2.94. The second kappa shape index (κ2) is 4.75. The number of nitrogens with two attached hydrogens (primary N) is 1. The largest absolute Gasteiger partial charge is 0.279 e. The summed E-state index contributed by atoms with van der Waals surface area (Å²) in [5.41, 5.74) is 3.24. The smallest absolute Gasteiger partial charge is 0.0653 e. The molecule has 0 heterocycles. The third-order valence-corrected chi connectivity index (χ3v) is 3.34. The van der Waals surface area contributed by atoms with Gasteiger partial charge in [-0.25, -0.2) is 5.84 Å². The molecule has 2 heteroatoms. The molecule has 94 valence electrons. The Hall–Kier alpha value is -2.32.